The average molecular weight is 172 g/mol. The molecule has 1 heterocycles. The lowest BCUT2D eigenvalue weighted by Crippen LogP contribution is -2.47. The van der Waals surface area contributed by atoms with E-state index in [1.54, 1.807) is 4.90 Å². The number of hydrogen-bond acceptors (Lipinski definition) is 3. The number of aliphatic hydroxyl groups excluding tert-OH is 1. The molecule has 1 atom stereocenters. The van der Waals surface area contributed by atoms with E-state index in [4.69, 9.17) is 10.8 Å². The lowest BCUT2D eigenvalue weighted by molar-refractivity contribution is -0.134. The van der Waals surface area contributed by atoms with Gasteiger partial charge in [-0.1, -0.05) is 0 Å². The summed E-state index contributed by atoms with van der Waals surface area (Å²) >= 11 is 0. The fourth-order valence-electron chi connectivity index (χ4n) is 1.64. The molecular weight excluding hydrogens is 156 g/mol. The number of piperidine rings is 1. The van der Waals surface area contributed by atoms with Crippen LogP contribution in [-0.4, -0.2) is 41.7 Å². The first-order chi connectivity index (χ1) is 5.79. The highest BCUT2D eigenvalue weighted by Gasteiger charge is 2.24. The zero-order valence-corrected chi connectivity index (χ0v) is 7.20. The Balaban J connectivity index is 2.52. The molecule has 1 rings (SSSR count). The summed E-state index contributed by atoms with van der Waals surface area (Å²) in [5, 5.41) is 8.97. The van der Waals surface area contributed by atoms with Crippen LogP contribution in [0, 0.1) is 0 Å². The molecule has 1 fully saturated rings. The monoisotopic (exact) mass is 172 g/mol. The molecule has 1 unspecified atom stereocenters. The average Bonchev–Trinajstić information content (AvgIpc) is 2.16. The van der Waals surface area contributed by atoms with Crippen molar-refractivity contribution in [3.05, 3.63) is 0 Å². The van der Waals surface area contributed by atoms with Crippen molar-refractivity contribution in [2.45, 2.75) is 25.3 Å². The van der Waals surface area contributed by atoms with Crippen LogP contribution in [0.15, 0.2) is 0 Å². The molecule has 1 saturated heterocycles. The number of likely N-dealkylation sites (tertiary alicyclic amines) is 1. The van der Waals surface area contributed by atoms with Gasteiger partial charge in [0.15, 0.2) is 0 Å². The second kappa shape index (κ2) is 4.42. The van der Waals surface area contributed by atoms with E-state index in [9.17, 15) is 4.79 Å². The zero-order valence-electron chi connectivity index (χ0n) is 7.20. The summed E-state index contributed by atoms with van der Waals surface area (Å²) in [7, 11) is 0. The van der Waals surface area contributed by atoms with Crippen LogP contribution in [0.25, 0.3) is 0 Å². The van der Waals surface area contributed by atoms with Crippen molar-refractivity contribution in [2.75, 3.05) is 19.7 Å². The minimum absolute atomic E-state index is 0.00907. The Morgan fingerprint density at radius 3 is 2.92 bits per heavy atom. The van der Waals surface area contributed by atoms with Gasteiger partial charge in [-0.25, -0.2) is 0 Å². The highest BCUT2D eigenvalue weighted by Crippen LogP contribution is 2.15. The summed E-state index contributed by atoms with van der Waals surface area (Å²) in [4.78, 5) is 12.9. The van der Waals surface area contributed by atoms with Crippen molar-refractivity contribution in [3.8, 4) is 0 Å². The molecule has 1 amide bonds. The van der Waals surface area contributed by atoms with Gasteiger partial charge in [0.05, 0.1) is 19.2 Å². The molecule has 4 nitrogen and oxygen atoms in total. The summed E-state index contributed by atoms with van der Waals surface area (Å²) in [5.41, 5.74) is 5.25. The minimum Gasteiger partial charge on any atom is -0.394 e. The smallest absolute Gasteiger partial charge is 0.236 e. The second-order valence-electron chi connectivity index (χ2n) is 3.12. The van der Waals surface area contributed by atoms with E-state index in [-0.39, 0.29) is 25.1 Å². The first-order valence-corrected chi connectivity index (χ1v) is 4.40. The number of rotatable bonds is 2. The van der Waals surface area contributed by atoms with Crippen LogP contribution in [0.1, 0.15) is 19.3 Å². The standard InChI is InChI=1S/C8H16N2O2/c9-5-8(12)10-4-2-1-3-7(10)6-11/h7,11H,1-6,9H2. The molecule has 0 aromatic carbocycles. The van der Waals surface area contributed by atoms with Gasteiger partial charge in [-0.15, -0.1) is 0 Å². The van der Waals surface area contributed by atoms with Crippen LogP contribution in [-0.2, 0) is 4.79 Å². The fraction of sp³-hybridized carbons (Fsp3) is 0.875. The van der Waals surface area contributed by atoms with Crippen LogP contribution >= 0.6 is 0 Å². The highest BCUT2D eigenvalue weighted by atomic mass is 16.3. The number of aliphatic hydroxyl groups is 1. The molecule has 4 heteroatoms. The number of nitrogens with zero attached hydrogens (tertiary/aromatic N) is 1. The number of amides is 1. The first-order valence-electron chi connectivity index (χ1n) is 4.40. The summed E-state index contributed by atoms with van der Waals surface area (Å²) in [6.45, 7) is 0.865. The Hall–Kier alpha value is -0.610. The van der Waals surface area contributed by atoms with E-state index < -0.39 is 0 Å². The van der Waals surface area contributed by atoms with Gasteiger partial charge >= 0.3 is 0 Å². The van der Waals surface area contributed by atoms with Gasteiger partial charge in [-0.05, 0) is 19.3 Å². The van der Waals surface area contributed by atoms with Gasteiger partial charge in [0.1, 0.15) is 0 Å². The molecule has 0 spiro atoms. The molecule has 0 saturated carbocycles. The van der Waals surface area contributed by atoms with Gasteiger partial charge in [0.2, 0.25) is 5.91 Å². The SMILES string of the molecule is NCC(=O)N1CCCCC1CO. The normalized spacial score (nSPS) is 24.2. The van der Waals surface area contributed by atoms with Crippen molar-refractivity contribution in [2.24, 2.45) is 5.73 Å². The third-order valence-corrected chi connectivity index (χ3v) is 2.33. The van der Waals surface area contributed by atoms with Gasteiger partial charge in [-0.2, -0.15) is 0 Å². The van der Waals surface area contributed by atoms with Gasteiger partial charge in [-0.3, -0.25) is 4.79 Å². The van der Waals surface area contributed by atoms with Crippen LogP contribution < -0.4 is 5.73 Å². The third kappa shape index (κ3) is 1.95. The van der Waals surface area contributed by atoms with Crippen molar-refractivity contribution in [3.63, 3.8) is 0 Å². The molecule has 0 bridgehead atoms. The molecule has 1 aliphatic rings. The molecule has 3 N–H and O–H groups in total. The highest BCUT2D eigenvalue weighted by molar-refractivity contribution is 5.78. The predicted molar refractivity (Wildman–Crippen MR) is 45.5 cm³/mol. The first kappa shape index (κ1) is 9.48. The maximum absolute atomic E-state index is 11.2. The summed E-state index contributed by atoms with van der Waals surface area (Å²) in [6.07, 6.45) is 3.03. The van der Waals surface area contributed by atoms with E-state index in [1.807, 2.05) is 0 Å². The lowest BCUT2D eigenvalue weighted by Gasteiger charge is -2.34. The number of carbonyl (C=O) groups is 1. The largest absolute Gasteiger partial charge is 0.394 e. The number of nitrogens with two attached hydrogens (primary N) is 1. The number of hydrogen-bond donors (Lipinski definition) is 2. The van der Waals surface area contributed by atoms with E-state index in [2.05, 4.69) is 0 Å². The Morgan fingerprint density at radius 1 is 1.58 bits per heavy atom. The Bertz CT molecular complexity index is 161. The van der Waals surface area contributed by atoms with E-state index in [1.165, 1.54) is 0 Å². The molecule has 70 valence electrons. The van der Waals surface area contributed by atoms with Gasteiger partial charge in [0, 0.05) is 6.54 Å². The lowest BCUT2D eigenvalue weighted by atomic mass is 10.0. The van der Waals surface area contributed by atoms with Crippen LogP contribution in [0.2, 0.25) is 0 Å². The zero-order chi connectivity index (χ0) is 8.97. The maximum Gasteiger partial charge on any atom is 0.236 e. The van der Waals surface area contributed by atoms with Crippen molar-refractivity contribution < 1.29 is 9.90 Å². The minimum atomic E-state index is -0.0475. The maximum atomic E-state index is 11.2. The fourth-order valence-corrected chi connectivity index (χ4v) is 1.64. The summed E-state index contributed by atoms with van der Waals surface area (Å²) in [6, 6.07) is 0.00907. The van der Waals surface area contributed by atoms with E-state index in [0.717, 1.165) is 25.8 Å². The van der Waals surface area contributed by atoms with Crippen LogP contribution in [0.3, 0.4) is 0 Å². The van der Waals surface area contributed by atoms with E-state index in [0.29, 0.717) is 0 Å². The number of carbonyl (C=O) groups excluding carboxylic acids is 1. The molecule has 0 aliphatic carbocycles. The van der Waals surface area contributed by atoms with Crippen molar-refractivity contribution in [1.82, 2.24) is 4.90 Å². The molecule has 1 aliphatic heterocycles. The second-order valence-corrected chi connectivity index (χ2v) is 3.12. The third-order valence-electron chi connectivity index (χ3n) is 2.33. The quantitative estimate of drug-likeness (QED) is 0.580. The van der Waals surface area contributed by atoms with Gasteiger partial charge in [0.25, 0.3) is 0 Å². The molecular formula is C8H16N2O2. The Kier molecular flexibility index (Phi) is 3.49. The summed E-state index contributed by atoms with van der Waals surface area (Å²) in [5.74, 6) is -0.0475. The van der Waals surface area contributed by atoms with E-state index >= 15 is 0 Å². The van der Waals surface area contributed by atoms with Crippen LogP contribution in [0.5, 0.6) is 0 Å². The molecule has 0 radical (unpaired) electrons. The molecule has 0 aromatic heterocycles. The molecule has 12 heavy (non-hydrogen) atoms. The summed E-state index contributed by atoms with van der Waals surface area (Å²) < 4.78 is 0. The van der Waals surface area contributed by atoms with Crippen molar-refractivity contribution >= 4 is 5.91 Å². The van der Waals surface area contributed by atoms with Crippen LogP contribution in [0.4, 0.5) is 0 Å². The topological polar surface area (TPSA) is 66.6 Å². The Labute approximate surface area is 72.3 Å². The van der Waals surface area contributed by atoms with Gasteiger partial charge < -0.3 is 15.7 Å². The Morgan fingerprint density at radius 2 is 2.33 bits per heavy atom. The molecule has 0 aromatic rings. The predicted octanol–water partition coefficient (Wildman–Crippen LogP) is -0.681. The van der Waals surface area contributed by atoms with Crippen molar-refractivity contribution in [1.29, 1.82) is 0 Å².